The lowest BCUT2D eigenvalue weighted by molar-refractivity contribution is -0.192. The van der Waals surface area contributed by atoms with E-state index < -0.39 is 33.8 Å². The van der Waals surface area contributed by atoms with Gasteiger partial charge in [-0.25, -0.2) is 0 Å². The molecule has 3 aliphatic heterocycles. The smallest absolute Gasteiger partial charge is 0.260 e. The van der Waals surface area contributed by atoms with Crippen molar-refractivity contribution in [1.29, 1.82) is 0 Å². The van der Waals surface area contributed by atoms with Crippen molar-refractivity contribution in [2.45, 2.75) is 41.7 Å². The first kappa shape index (κ1) is 17.1. The van der Waals surface area contributed by atoms with Gasteiger partial charge in [-0.3, -0.25) is 14.4 Å². The van der Waals surface area contributed by atoms with Gasteiger partial charge in [0.2, 0.25) is 0 Å². The lowest BCUT2D eigenvalue weighted by Gasteiger charge is -2.40. The quantitative estimate of drug-likeness (QED) is 0.514. The number of halogens is 4. The number of alkyl halides is 2. The van der Waals surface area contributed by atoms with Gasteiger partial charge in [0.05, 0.1) is 50.5 Å². The van der Waals surface area contributed by atoms with Gasteiger partial charge in [-0.2, -0.15) is 5.06 Å². The van der Waals surface area contributed by atoms with Gasteiger partial charge in [-0.1, -0.05) is 30.1 Å². The highest BCUT2D eigenvalue weighted by atomic mass is 35.5. The normalized spacial score (nSPS) is 52.6. The molecule has 0 aromatic carbocycles. The fourth-order valence-electron chi connectivity index (χ4n) is 5.57. The van der Waals surface area contributed by atoms with Gasteiger partial charge < -0.3 is 4.74 Å². The summed E-state index contributed by atoms with van der Waals surface area (Å²) in [6.07, 6.45) is 0.0995. The molecule has 2 amide bonds. The van der Waals surface area contributed by atoms with Crippen LogP contribution in [0.4, 0.5) is 0 Å². The molecule has 136 valence electrons. The van der Waals surface area contributed by atoms with Crippen LogP contribution in [0, 0.1) is 23.7 Å². The molecule has 0 aromatic rings. The number of amides is 2. The second kappa shape index (κ2) is 5.06. The molecular formula is C16H15Cl4NO4. The zero-order valence-corrected chi connectivity index (χ0v) is 16.2. The molecule has 0 radical (unpaired) electrons. The highest BCUT2D eigenvalue weighted by molar-refractivity contribution is 6.51. The second-order valence-corrected chi connectivity index (χ2v) is 9.61. The number of nitrogens with zero attached hydrogens (tertiary/aromatic N) is 1. The van der Waals surface area contributed by atoms with Crippen molar-refractivity contribution < 1.29 is 19.2 Å². The monoisotopic (exact) mass is 425 g/mol. The molecule has 9 heteroatoms. The summed E-state index contributed by atoms with van der Waals surface area (Å²) in [7, 11) is 0. The maximum atomic E-state index is 12.8. The Morgan fingerprint density at radius 2 is 1.56 bits per heavy atom. The Bertz CT molecular complexity index is 690. The number of imide groups is 1. The van der Waals surface area contributed by atoms with Gasteiger partial charge in [-0.05, 0) is 12.8 Å². The Hall–Kier alpha value is -0.0400. The maximum Gasteiger partial charge on any atom is 0.260 e. The number of fused-ring (bicyclic) bond motifs is 12. The summed E-state index contributed by atoms with van der Waals surface area (Å²) in [5.74, 6) is -2.37. The summed E-state index contributed by atoms with van der Waals surface area (Å²) < 4.78 is 6.07. The van der Waals surface area contributed by atoms with E-state index in [9.17, 15) is 9.59 Å². The molecule has 25 heavy (non-hydrogen) atoms. The van der Waals surface area contributed by atoms with Gasteiger partial charge in [0.15, 0.2) is 0 Å². The van der Waals surface area contributed by atoms with E-state index in [2.05, 4.69) is 0 Å². The van der Waals surface area contributed by atoms with Crippen LogP contribution in [0.1, 0.15) is 19.8 Å². The third-order valence-electron chi connectivity index (χ3n) is 6.39. The molecule has 3 saturated heterocycles. The summed E-state index contributed by atoms with van der Waals surface area (Å²) in [5, 5.41) is 1.59. The summed E-state index contributed by atoms with van der Waals surface area (Å²) in [5.41, 5.74) is 0. The van der Waals surface area contributed by atoms with Crippen LogP contribution in [0.2, 0.25) is 0 Å². The van der Waals surface area contributed by atoms with Crippen molar-refractivity contribution in [3.8, 4) is 0 Å². The van der Waals surface area contributed by atoms with Crippen LogP contribution in [0.3, 0.4) is 0 Å². The Labute approximate surface area is 164 Å². The summed E-state index contributed by atoms with van der Waals surface area (Å²) in [6.45, 7) is 2.21. The van der Waals surface area contributed by atoms with Crippen LogP contribution < -0.4 is 0 Å². The number of ether oxygens (including phenoxy) is 1. The Balaban J connectivity index is 1.56. The Morgan fingerprint density at radius 1 is 1.08 bits per heavy atom. The lowest BCUT2D eigenvalue weighted by Crippen LogP contribution is -2.50. The van der Waals surface area contributed by atoms with Gasteiger partial charge in [0, 0.05) is 11.8 Å². The van der Waals surface area contributed by atoms with E-state index in [1.54, 1.807) is 0 Å². The number of carbonyl (C=O) groups excluding carboxylic acids is 2. The van der Waals surface area contributed by atoms with Crippen LogP contribution in [0.5, 0.6) is 0 Å². The maximum absolute atomic E-state index is 12.8. The average molecular weight is 427 g/mol. The first-order valence-electron chi connectivity index (χ1n) is 8.37. The summed E-state index contributed by atoms with van der Waals surface area (Å²) in [4.78, 5) is 29.0. The van der Waals surface area contributed by atoms with Crippen molar-refractivity contribution in [2.24, 2.45) is 23.7 Å². The number of hydrogen-bond donors (Lipinski definition) is 0. The predicted molar refractivity (Wildman–Crippen MR) is 91.2 cm³/mol. The van der Waals surface area contributed by atoms with E-state index in [0.29, 0.717) is 29.5 Å². The minimum absolute atomic E-state index is 0.240. The first-order chi connectivity index (χ1) is 11.8. The summed E-state index contributed by atoms with van der Waals surface area (Å²) in [6, 6.07) is 0. The van der Waals surface area contributed by atoms with Crippen molar-refractivity contribution in [1.82, 2.24) is 5.06 Å². The van der Waals surface area contributed by atoms with E-state index in [-0.39, 0.29) is 23.7 Å². The zero-order chi connectivity index (χ0) is 17.9. The van der Waals surface area contributed by atoms with Crippen LogP contribution in [0.15, 0.2) is 10.1 Å². The predicted octanol–water partition coefficient (Wildman–Crippen LogP) is 3.00. The largest absolute Gasteiger partial charge is 0.373 e. The van der Waals surface area contributed by atoms with E-state index in [1.165, 1.54) is 0 Å². The number of allylic oxidation sites excluding steroid dienone is 2. The molecule has 3 heterocycles. The molecule has 0 spiro atoms. The second-order valence-electron chi connectivity index (χ2n) is 7.50. The molecular weight excluding hydrogens is 412 g/mol. The molecule has 5 rings (SSSR count). The molecule has 2 aliphatic carbocycles. The van der Waals surface area contributed by atoms with E-state index in [4.69, 9.17) is 56.0 Å². The van der Waals surface area contributed by atoms with E-state index >= 15 is 0 Å². The molecule has 5 aliphatic rings. The topological polar surface area (TPSA) is 55.8 Å². The van der Waals surface area contributed by atoms with Crippen LogP contribution in [-0.2, 0) is 19.2 Å². The Morgan fingerprint density at radius 3 is 2.00 bits per heavy atom. The van der Waals surface area contributed by atoms with Gasteiger partial charge >= 0.3 is 0 Å². The van der Waals surface area contributed by atoms with Crippen LogP contribution in [0.25, 0.3) is 0 Å². The van der Waals surface area contributed by atoms with E-state index in [1.807, 2.05) is 6.92 Å². The number of hydroxylamine groups is 2. The number of carbonyl (C=O) groups is 2. The standard InChI is InChI=1S/C16H15Cl4NO4/c1-2-3-24-21-13(22)5-6(14(21)23)10-8-7(9(5)25-10)15(19)4-16(8,20)12(18)11(15)17/h5-10H,2-4H2,1H3/t5-,6+,7-,8-,9+,10+,15+,16+/m0/s1. The SMILES string of the molecule is CCCON1C(=O)[C@@H]2[C@H]3O[C@H]([C@@H]2C1=O)[C@@H]1[C@@H]3[C@]2(Cl)C[C@]1(Cl)C(Cl)=C2Cl. The highest BCUT2D eigenvalue weighted by Gasteiger charge is 2.82. The van der Waals surface area contributed by atoms with Crippen molar-refractivity contribution in [3.05, 3.63) is 10.1 Å². The van der Waals surface area contributed by atoms with Crippen LogP contribution >= 0.6 is 46.4 Å². The average Bonchev–Trinajstić information content (AvgIpc) is 3.29. The third kappa shape index (κ3) is 1.72. The fourth-order valence-corrected chi connectivity index (χ4v) is 7.59. The third-order valence-corrected chi connectivity index (χ3v) is 8.88. The molecule has 1 saturated carbocycles. The highest BCUT2D eigenvalue weighted by Crippen LogP contribution is 2.75. The lowest BCUT2D eigenvalue weighted by atomic mass is 9.65. The first-order valence-corrected chi connectivity index (χ1v) is 9.88. The molecule has 4 fully saturated rings. The van der Waals surface area contributed by atoms with E-state index in [0.717, 1.165) is 5.06 Å². The molecule has 8 atom stereocenters. The minimum Gasteiger partial charge on any atom is -0.373 e. The van der Waals surface area contributed by atoms with Gasteiger partial charge in [-0.15, -0.1) is 23.2 Å². The number of rotatable bonds is 3. The van der Waals surface area contributed by atoms with Crippen molar-refractivity contribution >= 4 is 58.2 Å². The fraction of sp³-hybridized carbons (Fsp3) is 0.750. The molecule has 0 N–H and O–H groups in total. The molecule has 0 unspecified atom stereocenters. The molecule has 0 aromatic heterocycles. The summed E-state index contributed by atoms with van der Waals surface area (Å²) >= 11 is 26.5. The zero-order valence-electron chi connectivity index (χ0n) is 13.2. The minimum atomic E-state index is -0.934. The van der Waals surface area contributed by atoms with Gasteiger partial charge in [0.25, 0.3) is 11.8 Å². The van der Waals surface area contributed by atoms with Crippen molar-refractivity contribution in [3.63, 3.8) is 0 Å². The van der Waals surface area contributed by atoms with Crippen LogP contribution in [-0.4, -0.2) is 45.4 Å². The number of hydrogen-bond acceptors (Lipinski definition) is 4. The van der Waals surface area contributed by atoms with Crippen molar-refractivity contribution in [2.75, 3.05) is 6.61 Å². The molecule has 4 bridgehead atoms. The van der Waals surface area contributed by atoms with Gasteiger partial charge in [0.1, 0.15) is 0 Å². The molecule has 5 nitrogen and oxygen atoms in total. The Kier molecular flexibility index (Phi) is 3.46.